The predicted molar refractivity (Wildman–Crippen MR) is 128 cm³/mol. The van der Waals surface area contributed by atoms with Crippen molar-refractivity contribution >= 4 is 22.6 Å². The second-order valence-corrected chi connectivity index (χ2v) is 8.31. The number of nitro benzene ring substituents is 1. The van der Waals surface area contributed by atoms with E-state index in [1.165, 1.54) is 29.2 Å². The van der Waals surface area contributed by atoms with Crippen LogP contribution in [-0.2, 0) is 17.9 Å². The van der Waals surface area contributed by atoms with E-state index >= 15 is 0 Å². The molecule has 0 aliphatic carbocycles. The van der Waals surface area contributed by atoms with Gasteiger partial charge in [-0.2, -0.15) is 5.10 Å². The average Bonchev–Trinajstić information content (AvgIpc) is 3.29. The molecule has 1 aliphatic heterocycles. The summed E-state index contributed by atoms with van der Waals surface area (Å²) in [6.07, 6.45) is 1.60. The molecule has 2 aromatic heterocycles. The summed E-state index contributed by atoms with van der Waals surface area (Å²) in [5, 5.41) is 18.2. The van der Waals surface area contributed by atoms with Crippen LogP contribution in [0.5, 0.6) is 11.5 Å². The fourth-order valence-electron chi connectivity index (χ4n) is 3.99. The van der Waals surface area contributed by atoms with Gasteiger partial charge < -0.3 is 14.8 Å². The monoisotopic (exact) mass is 490 g/mol. The van der Waals surface area contributed by atoms with Crippen LogP contribution in [0.4, 0.5) is 5.69 Å². The number of hydrogen-bond donors (Lipinski definition) is 1. The van der Waals surface area contributed by atoms with Gasteiger partial charge in [-0.25, -0.2) is 9.67 Å². The quantitative estimate of drug-likeness (QED) is 0.306. The number of amides is 1. The Morgan fingerprint density at radius 1 is 1.14 bits per heavy atom. The summed E-state index contributed by atoms with van der Waals surface area (Å²) in [6, 6.07) is 13.2. The first-order valence-electron chi connectivity index (χ1n) is 11.2. The Morgan fingerprint density at radius 3 is 2.58 bits per heavy atom. The minimum atomic E-state index is -0.793. The molecule has 36 heavy (non-hydrogen) atoms. The number of hydrogen-bond acceptors (Lipinski definition) is 8. The van der Waals surface area contributed by atoms with Crippen molar-refractivity contribution in [1.82, 2.24) is 24.6 Å². The third-order valence-electron chi connectivity index (χ3n) is 5.85. The van der Waals surface area contributed by atoms with Gasteiger partial charge >= 0.3 is 0 Å². The fourth-order valence-corrected chi connectivity index (χ4v) is 3.99. The minimum Gasteiger partial charge on any atom is -0.482 e. The third kappa shape index (κ3) is 4.48. The smallest absolute Gasteiger partial charge is 0.269 e. The zero-order chi connectivity index (χ0) is 25.2. The van der Waals surface area contributed by atoms with Gasteiger partial charge in [0.15, 0.2) is 17.1 Å². The van der Waals surface area contributed by atoms with Crippen molar-refractivity contribution in [3.8, 4) is 11.5 Å². The first-order valence-corrected chi connectivity index (χ1v) is 11.2. The van der Waals surface area contributed by atoms with Crippen molar-refractivity contribution in [1.29, 1.82) is 0 Å². The SMILES string of the molecule is CC1Oc2ccccc2OC1C(=O)NCCn1ncc2c(=O)n(Cc3ccc([N+](=O)[O-])cc3)cnc21. The lowest BCUT2D eigenvalue weighted by molar-refractivity contribution is -0.384. The van der Waals surface area contributed by atoms with Gasteiger partial charge in [0.1, 0.15) is 17.8 Å². The topological polar surface area (TPSA) is 143 Å². The van der Waals surface area contributed by atoms with E-state index in [9.17, 15) is 19.7 Å². The number of rotatable bonds is 7. The molecule has 0 spiro atoms. The summed E-state index contributed by atoms with van der Waals surface area (Å²) in [7, 11) is 0. The van der Waals surface area contributed by atoms with E-state index in [1.54, 1.807) is 35.9 Å². The lowest BCUT2D eigenvalue weighted by Crippen LogP contribution is -2.49. The van der Waals surface area contributed by atoms with E-state index in [4.69, 9.17) is 9.47 Å². The van der Waals surface area contributed by atoms with E-state index in [0.29, 0.717) is 29.1 Å². The summed E-state index contributed by atoms with van der Waals surface area (Å²) in [5.74, 6) is 0.803. The molecule has 1 amide bonds. The maximum Gasteiger partial charge on any atom is 0.269 e. The number of fused-ring (bicyclic) bond motifs is 2. The van der Waals surface area contributed by atoms with Crippen LogP contribution in [0.15, 0.2) is 65.8 Å². The molecule has 3 heterocycles. The number of non-ortho nitro benzene ring substituents is 1. The molecule has 12 heteroatoms. The summed E-state index contributed by atoms with van der Waals surface area (Å²) in [6.45, 7) is 2.53. The first kappa shape index (κ1) is 23.0. The van der Waals surface area contributed by atoms with Gasteiger partial charge in [-0.3, -0.25) is 24.3 Å². The lowest BCUT2D eigenvalue weighted by Gasteiger charge is -2.31. The standard InChI is InChI=1S/C24H22N6O6/c1-15-21(36-20-5-3-2-4-19(20)35-15)23(31)25-10-11-29-22-18(12-27-29)24(32)28(14-26-22)13-16-6-8-17(9-7-16)30(33)34/h2-9,12,14-15,21H,10-11,13H2,1H3,(H,25,31). The average molecular weight is 490 g/mol. The zero-order valence-electron chi connectivity index (χ0n) is 19.2. The highest BCUT2D eigenvalue weighted by atomic mass is 16.6. The number of carbonyl (C=O) groups excluding carboxylic acids is 1. The molecule has 0 radical (unpaired) electrons. The molecule has 5 rings (SSSR count). The molecular weight excluding hydrogens is 468 g/mol. The fraction of sp³-hybridized carbons (Fsp3) is 0.250. The lowest BCUT2D eigenvalue weighted by atomic mass is 10.1. The summed E-state index contributed by atoms with van der Waals surface area (Å²) >= 11 is 0. The van der Waals surface area contributed by atoms with Crippen LogP contribution in [0, 0.1) is 10.1 Å². The van der Waals surface area contributed by atoms with Crippen molar-refractivity contribution < 1.29 is 19.2 Å². The maximum atomic E-state index is 12.9. The van der Waals surface area contributed by atoms with Crippen LogP contribution >= 0.6 is 0 Å². The minimum absolute atomic E-state index is 0.0186. The Kier molecular flexibility index (Phi) is 6.07. The highest BCUT2D eigenvalue weighted by Crippen LogP contribution is 2.33. The van der Waals surface area contributed by atoms with Gasteiger partial charge in [0, 0.05) is 18.7 Å². The highest BCUT2D eigenvalue weighted by molar-refractivity contribution is 5.82. The normalized spacial score (nSPS) is 16.6. The largest absolute Gasteiger partial charge is 0.482 e. The van der Waals surface area contributed by atoms with Crippen LogP contribution in [0.25, 0.3) is 11.0 Å². The van der Waals surface area contributed by atoms with Gasteiger partial charge in [0.05, 0.1) is 24.2 Å². The van der Waals surface area contributed by atoms with Gasteiger partial charge in [0.2, 0.25) is 6.10 Å². The van der Waals surface area contributed by atoms with E-state index in [2.05, 4.69) is 15.4 Å². The number of aromatic nitrogens is 4. The number of carbonyl (C=O) groups is 1. The predicted octanol–water partition coefficient (Wildman–Crippen LogP) is 1.89. The molecular formula is C24H22N6O6. The van der Waals surface area contributed by atoms with E-state index in [1.807, 2.05) is 12.1 Å². The Balaban J connectivity index is 1.23. The molecule has 0 saturated heterocycles. The molecule has 2 atom stereocenters. The van der Waals surface area contributed by atoms with Crippen LogP contribution in [0.2, 0.25) is 0 Å². The molecule has 0 fully saturated rings. The first-order chi connectivity index (χ1) is 17.4. The van der Waals surface area contributed by atoms with Gasteiger partial charge in [0.25, 0.3) is 17.2 Å². The second-order valence-electron chi connectivity index (χ2n) is 8.31. The van der Waals surface area contributed by atoms with E-state index < -0.39 is 17.1 Å². The summed E-state index contributed by atoms with van der Waals surface area (Å²) in [5.41, 5.74) is 0.822. The van der Waals surface area contributed by atoms with E-state index in [-0.39, 0.29) is 30.2 Å². The van der Waals surface area contributed by atoms with Crippen LogP contribution in [0.1, 0.15) is 12.5 Å². The number of nitro groups is 1. The van der Waals surface area contributed by atoms with Crippen LogP contribution < -0.4 is 20.3 Å². The molecule has 0 saturated carbocycles. The Bertz CT molecular complexity index is 1500. The van der Waals surface area contributed by atoms with Crippen molar-refractivity contribution in [3.63, 3.8) is 0 Å². The summed E-state index contributed by atoms with van der Waals surface area (Å²) in [4.78, 5) is 40.3. The molecule has 0 bridgehead atoms. The van der Waals surface area contributed by atoms with Gasteiger partial charge in [-0.05, 0) is 24.6 Å². The summed E-state index contributed by atoms with van der Waals surface area (Å²) < 4.78 is 14.5. The zero-order valence-corrected chi connectivity index (χ0v) is 19.2. The van der Waals surface area contributed by atoms with E-state index in [0.717, 1.165) is 5.56 Å². The molecule has 1 aliphatic rings. The Morgan fingerprint density at radius 2 is 1.86 bits per heavy atom. The maximum absolute atomic E-state index is 12.9. The van der Waals surface area contributed by atoms with Gasteiger partial charge in [-0.1, -0.05) is 24.3 Å². The third-order valence-corrected chi connectivity index (χ3v) is 5.85. The number of benzene rings is 2. The van der Waals surface area contributed by atoms with Crippen molar-refractivity contribution in [2.24, 2.45) is 0 Å². The molecule has 2 aromatic carbocycles. The number of ether oxygens (including phenoxy) is 2. The van der Waals surface area contributed by atoms with Crippen molar-refractivity contribution in [2.45, 2.75) is 32.2 Å². The molecule has 184 valence electrons. The molecule has 12 nitrogen and oxygen atoms in total. The Labute approximate surface area is 204 Å². The number of nitrogens with zero attached hydrogens (tertiary/aromatic N) is 5. The molecule has 2 unspecified atom stereocenters. The van der Waals surface area contributed by atoms with Crippen molar-refractivity contribution in [2.75, 3.05) is 6.54 Å². The highest BCUT2D eigenvalue weighted by Gasteiger charge is 2.33. The van der Waals surface area contributed by atoms with Gasteiger partial charge in [-0.15, -0.1) is 0 Å². The van der Waals surface area contributed by atoms with Crippen LogP contribution in [-0.4, -0.2) is 48.9 Å². The Hall–Kier alpha value is -4.74. The van der Waals surface area contributed by atoms with Crippen LogP contribution in [0.3, 0.4) is 0 Å². The van der Waals surface area contributed by atoms with Crippen molar-refractivity contribution in [3.05, 3.63) is 87.1 Å². The number of nitrogens with one attached hydrogen (secondary N) is 1. The molecule has 1 N–H and O–H groups in total. The second kappa shape index (κ2) is 9.49. The number of para-hydroxylation sites is 2. The molecule has 4 aromatic rings.